The van der Waals surface area contributed by atoms with Crippen molar-refractivity contribution in [1.82, 2.24) is 10.2 Å². The predicted octanol–water partition coefficient (Wildman–Crippen LogP) is 3.17. The van der Waals surface area contributed by atoms with Crippen molar-refractivity contribution in [2.75, 3.05) is 19.6 Å². The van der Waals surface area contributed by atoms with Gasteiger partial charge >= 0.3 is 0 Å². The fraction of sp³-hybridized carbons (Fsp3) is 0.938. The van der Waals surface area contributed by atoms with E-state index in [1.54, 1.807) is 0 Å². The van der Waals surface area contributed by atoms with E-state index < -0.39 is 0 Å². The maximum atomic E-state index is 9.13. The number of hydrogen-bond donors (Lipinski definition) is 1. The SMILES string of the molecule is CCC1(CC)CCN(CCC(C#N)NC(C)C)CC1. The number of nitriles is 1. The lowest BCUT2D eigenvalue weighted by Gasteiger charge is -2.41. The summed E-state index contributed by atoms with van der Waals surface area (Å²) in [5.41, 5.74) is 0.599. The van der Waals surface area contributed by atoms with Gasteiger partial charge in [-0.15, -0.1) is 0 Å². The number of likely N-dealkylation sites (tertiary alicyclic amines) is 1. The van der Waals surface area contributed by atoms with Gasteiger partial charge < -0.3 is 4.90 Å². The fourth-order valence-corrected chi connectivity index (χ4v) is 3.11. The van der Waals surface area contributed by atoms with E-state index in [9.17, 15) is 0 Å². The van der Waals surface area contributed by atoms with Crippen LogP contribution in [0.25, 0.3) is 0 Å². The normalized spacial score (nSPS) is 21.3. The predicted molar refractivity (Wildman–Crippen MR) is 81.0 cm³/mol. The van der Waals surface area contributed by atoms with Crippen LogP contribution < -0.4 is 5.32 Å². The summed E-state index contributed by atoms with van der Waals surface area (Å²) >= 11 is 0. The molecule has 1 heterocycles. The molecule has 0 aromatic carbocycles. The Labute approximate surface area is 119 Å². The third kappa shape index (κ3) is 5.12. The average Bonchev–Trinajstić information content (AvgIpc) is 2.43. The van der Waals surface area contributed by atoms with Gasteiger partial charge in [0.05, 0.1) is 12.1 Å². The van der Waals surface area contributed by atoms with Crippen LogP contribution in [0, 0.1) is 16.7 Å². The second kappa shape index (κ2) is 7.87. The maximum absolute atomic E-state index is 9.13. The molecule has 1 saturated heterocycles. The van der Waals surface area contributed by atoms with Crippen molar-refractivity contribution in [1.29, 1.82) is 5.26 Å². The lowest BCUT2D eigenvalue weighted by Crippen LogP contribution is -2.42. The van der Waals surface area contributed by atoms with E-state index in [2.05, 4.69) is 44.0 Å². The Hall–Kier alpha value is -0.590. The molecule has 0 amide bonds. The number of rotatable bonds is 7. The van der Waals surface area contributed by atoms with Gasteiger partial charge in [0, 0.05) is 12.6 Å². The minimum atomic E-state index is 0.00374. The van der Waals surface area contributed by atoms with Gasteiger partial charge in [-0.1, -0.05) is 26.7 Å². The third-order valence-electron chi connectivity index (χ3n) is 4.84. The molecule has 0 aromatic rings. The van der Waals surface area contributed by atoms with E-state index in [0.29, 0.717) is 11.5 Å². The van der Waals surface area contributed by atoms with Crippen molar-refractivity contribution >= 4 is 0 Å². The lowest BCUT2D eigenvalue weighted by molar-refractivity contribution is 0.0935. The molecule has 19 heavy (non-hydrogen) atoms. The first kappa shape index (κ1) is 16.5. The first-order valence-electron chi connectivity index (χ1n) is 7.93. The molecular formula is C16H31N3. The first-order chi connectivity index (χ1) is 9.05. The van der Waals surface area contributed by atoms with Crippen molar-refractivity contribution in [3.05, 3.63) is 0 Å². The monoisotopic (exact) mass is 265 g/mol. The van der Waals surface area contributed by atoms with Crippen LogP contribution in [0.1, 0.15) is 59.8 Å². The van der Waals surface area contributed by atoms with Gasteiger partial charge in [-0.25, -0.2) is 0 Å². The first-order valence-corrected chi connectivity index (χ1v) is 7.93. The molecule has 0 aliphatic carbocycles. The Kier molecular flexibility index (Phi) is 6.82. The molecule has 1 aliphatic rings. The summed E-state index contributed by atoms with van der Waals surface area (Å²) in [4.78, 5) is 2.54. The molecule has 3 heteroatoms. The van der Waals surface area contributed by atoms with Crippen LogP contribution in [0.15, 0.2) is 0 Å². The van der Waals surface area contributed by atoms with E-state index in [1.807, 2.05) is 0 Å². The number of hydrogen-bond acceptors (Lipinski definition) is 3. The summed E-state index contributed by atoms with van der Waals surface area (Å²) in [7, 11) is 0. The van der Waals surface area contributed by atoms with Crippen molar-refractivity contribution in [2.24, 2.45) is 5.41 Å². The third-order valence-corrected chi connectivity index (χ3v) is 4.84. The molecule has 1 aliphatic heterocycles. The number of nitrogens with one attached hydrogen (secondary N) is 1. The van der Waals surface area contributed by atoms with Gasteiger partial charge in [0.1, 0.15) is 0 Å². The van der Waals surface area contributed by atoms with Gasteiger partial charge in [-0.3, -0.25) is 5.32 Å². The molecule has 0 spiro atoms. The van der Waals surface area contributed by atoms with E-state index in [4.69, 9.17) is 5.26 Å². The zero-order valence-electron chi connectivity index (χ0n) is 13.2. The highest BCUT2D eigenvalue weighted by Crippen LogP contribution is 2.37. The highest BCUT2D eigenvalue weighted by molar-refractivity contribution is 4.92. The van der Waals surface area contributed by atoms with Gasteiger partial charge in [-0.05, 0) is 51.6 Å². The summed E-state index contributed by atoms with van der Waals surface area (Å²) in [6.45, 7) is 12.3. The molecule has 110 valence electrons. The standard InChI is InChI=1S/C16H31N3/c1-5-16(6-2)8-11-19(12-9-16)10-7-15(13-17)18-14(3)4/h14-15,18H,5-12H2,1-4H3. The number of nitrogens with zero attached hydrogens (tertiary/aromatic N) is 2. The van der Waals surface area contributed by atoms with Crippen molar-refractivity contribution in [3.8, 4) is 6.07 Å². The minimum Gasteiger partial charge on any atom is -0.303 e. The van der Waals surface area contributed by atoms with Crippen molar-refractivity contribution < 1.29 is 0 Å². The van der Waals surface area contributed by atoms with Crippen LogP contribution in [0.3, 0.4) is 0 Å². The molecule has 1 N–H and O–H groups in total. The van der Waals surface area contributed by atoms with E-state index in [0.717, 1.165) is 13.0 Å². The van der Waals surface area contributed by atoms with Gasteiger partial charge in [-0.2, -0.15) is 5.26 Å². The Bertz CT molecular complexity index is 279. The van der Waals surface area contributed by atoms with Gasteiger partial charge in [0.25, 0.3) is 0 Å². The van der Waals surface area contributed by atoms with Crippen molar-refractivity contribution in [2.45, 2.75) is 71.9 Å². The fourth-order valence-electron chi connectivity index (χ4n) is 3.11. The van der Waals surface area contributed by atoms with E-state index in [1.165, 1.54) is 38.8 Å². The molecule has 1 unspecified atom stereocenters. The molecule has 0 radical (unpaired) electrons. The van der Waals surface area contributed by atoms with Gasteiger partial charge in [0.15, 0.2) is 0 Å². The summed E-state index contributed by atoms with van der Waals surface area (Å²) in [6, 6.07) is 2.77. The zero-order chi connectivity index (χ0) is 14.3. The lowest BCUT2D eigenvalue weighted by atomic mass is 9.74. The molecule has 0 aromatic heterocycles. The zero-order valence-corrected chi connectivity index (χ0v) is 13.2. The Morgan fingerprint density at radius 1 is 1.21 bits per heavy atom. The molecule has 0 saturated carbocycles. The minimum absolute atomic E-state index is 0.00374. The van der Waals surface area contributed by atoms with E-state index >= 15 is 0 Å². The Balaban J connectivity index is 2.31. The van der Waals surface area contributed by atoms with Crippen LogP contribution >= 0.6 is 0 Å². The maximum Gasteiger partial charge on any atom is 0.0967 e. The molecule has 1 atom stereocenters. The molecule has 1 fully saturated rings. The quantitative estimate of drug-likeness (QED) is 0.768. The molecule has 3 nitrogen and oxygen atoms in total. The Morgan fingerprint density at radius 2 is 1.79 bits per heavy atom. The average molecular weight is 265 g/mol. The van der Waals surface area contributed by atoms with E-state index in [-0.39, 0.29) is 6.04 Å². The molecular weight excluding hydrogens is 234 g/mol. The largest absolute Gasteiger partial charge is 0.303 e. The highest BCUT2D eigenvalue weighted by atomic mass is 15.1. The topological polar surface area (TPSA) is 39.1 Å². The molecule has 1 rings (SSSR count). The van der Waals surface area contributed by atoms with Crippen LogP contribution in [0.2, 0.25) is 0 Å². The summed E-state index contributed by atoms with van der Waals surface area (Å²) in [5.74, 6) is 0. The summed E-state index contributed by atoms with van der Waals surface area (Å²) in [6.07, 6.45) is 6.23. The smallest absolute Gasteiger partial charge is 0.0967 e. The van der Waals surface area contributed by atoms with Crippen molar-refractivity contribution in [3.63, 3.8) is 0 Å². The highest BCUT2D eigenvalue weighted by Gasteiger charge is 2.31. The van der Waals surface area contributed by atoms with Crippen LogP contribution in [0.4, 0.5) is 0 Å². The second-order valence-corrected chi connectivity index (χ2v) is 6.34. The van der Waals surface area contributed by atoms with Crippen LogP contribution in [0.5, 0.6) is 0 Å². The van der Waals surface area contributed by atoms with Crippen LogP contribution in [-0.4, -0.2) is 36.6 Å². The van der Waals surface area contributed by atoms with Crippen LogP contribution in [-0.2, 0) is 0 Å². The Morgan fingerprint density at radius 3 is 2.21 bits per heavy atom. The second-order valence-electron chi connectivity index (χ2n) is 6.34. The molecule has 0 bridgehead atoms. The summed E-state index contributed by atoms with van der Waals surface area (Å²) in [5, 5.41) is 12.5. The number of piperidine rings is 1. The summed E-state index contributed by atoms with van der Waals surface area (Å²) < 4.78 is 0. The van der Waals surface area contributed by atoms with Gasteiger partial charge in [0.2, 0.25) is 0 Å².